The first kappa shape index (κ1) is 11.9. The Labute approximate surface area is 90.5 Å². The fourth-order valence-electron chi connectivity index (χ4n) is 1.48. The Bertz CT molecular complexity index is 336. The Morgan fingerprint density at radius 1 is 1.60 bits per heavy atom. The molecule has 1 aromatic rings. The van der Waals surface area contributed by atoms with Crippen molar-refractivity contribution in [3.63, 3.8) is 0 Å². The molecule has 1 aromatic heterocycles. The van der Waals surface area contributed by atoms with E-state index in [0.717, 1.165) is 12.0 Å². The van der Waals surface area contributed by atoms with Gasteiger partial charge in [-0.3, -0.25) is 9.48 Å². The summed E-state index contributed by atoms with van der Waals surface area (Å²) < 4.78 is 1.74. The zero-order valence-corrected chi connectivity index (χ0v) is 9.66. The second-order valence-corrected chi connectivity index (χ2v) is 4.73. The van der Waals surface area contributed by atoms with E-state index < -0.39 is 5.54 Å². The highest BCUT2D eigenvalue weighted by Crippen LogP contribution is 2.09. The lowest BCUT2D eigenvalue weighted by Gasteiger charge is -2.16. The van der Waals surface area contributed by atoms with Crippen LogP contribution in [0, 0.1) is 0 Å². The predicted octanol–water partition coefficient (Wildman–Crippen LogP) is 1.05. The van der Waals surface area contributed by atoms with Crippen molar-refractivity contribution < 1.29 is 4.79 Å². The van der Waals surface area contributed by atoms with Crippen LogP contribution >= 0.6 is 0 Å². The maximum Gasteiger partial charge on any atom is 0.135 e. The molecule has 0 spiro atoms. The van der Waals surface area contributed by atoms with E-state index in [-0.39, 0.29) is 5.78 Å². The van der Waals surface area contributed by atoms with E-state index in [0.29, 0.717) is 12.8 Å². The third-order valence-electron chi connectivity index (χ3n) is 2.10. The van der Waals surface area contributed by atoms with Gasteiger partial charge in [-0.15, -0.1) is 0 Å². The van der Waals surface area contributed by atoms with Gasteiger partial charge in [0.1, 0.15) is 5.78 Å². The average molecular weight is 209 g/mol. The van der Waals surface area contributed by atoms with Crippen LogP contribution in [-0.2, 0) is 18.3 Å². The van der Waals surface area contributed by atoms with E-state index in [1.54, 1.807) is 10.9 Å². The van der Waals surface area contributed by atoms with Gasteiger partial charge in [-0.2, -0.15) is 5.10 Å². The lowest BCUT2D eigenvalue weighted by Crippen LogP contribution is -2.34. The zero-order valence-electron chi connectivity index (χ0n) is 9.66. The smallest absolute Gasteiger partial charge is 0.135 e. The van der Waals surface area contributed by atoms with Crippen molar-refractivity contribution in [1.82, 2.24) is 9.78 Å². The first-order valence-electron chi connectivity index (χ1n) is 5.15. The Morgan fingerprint density at radius 3 is 2.73 bits per heavy atom. The van der Waals surface area contributed by atoms with Crippen LogP contribution in [0.15, 0.2) is 12.4 Å². The van der Waals surface area contributed by atoms with Gasteiger partial charge in [-0.1, -0.05) is 0 Å². The minimum atomic E-state index is -0.397. The summed E-state index contributed by atoms with van der Waals surface area (Å²) in [6.07, 6.45) is 5.46. The average Bonchev–Trinajstić information content (AvgIpc) is 2.45. The first-order chi connectivity index (χ1) is 6.87. The Kier molecular flexibility index (Phi) is 3.63. The highest BCUT2D eigenvalue weighted by Gasteiger charge is 2.16. The lowest BCUT2D eigenvalue weighted by atomic mass is 9.96. The maximum absolute atomic E-state index is 11.5. The van der Waals surface area contributed by atoms with Crippen molar-refractivity contribution in [3.8, 4) is 0 Å². The monoisotopic (exact) mass is 209 g/mol. The van der Waals surface area contributed by atoms with Crippen molar-refractivity contribution >= 4 is 5.78 Å². The fraction of sp³-hybridized carbons (Fsp3) is 0.636. The fourth-order valence-corrected chi connectivity index (χ4v) is 1.48. The number of carbonyl (C=O) groups excluding carboxylic acids is 1. The normalized spacial score (nSPS) is 11.7. The van der Waals surface area contributed by atoms with Crippen molar-refractivity contribution in [2.45, 2.75) is 38.6 Å². The minimum absolute atomic E-state index is 0.214. The molecule has 84 valence electrons. The molecule has 4 nitrogen and oxygen atoms in total. The van der Waals surface area contributed by atoms with Crippen molar-refractivity contribution in [2.75, 3.05) is 0 Å². The molecular formula is C11H19N3O. The minimum Gasteiger partial charge on any atom is -0.325 e. The standard InChI is InChI=1S/C11H19N3O/c1-11(2,12)6-10(15)5-4-9-7-13-14(3)8-9/h7-8H,4-6,12H2,1-3H3. The number of aromatic nitrogens is 2. The van der Waals surface area contributed by atoms with E-state index in [1.807, 2.05) is 27.1 Å². The molecule has 2 N–H and O–H groups in total. The van der Waals surface area contributed by atoms with Crippen LogP contribution in [0.5, 0.6) is 0 Å². The van der Waals surface area contributed by atoms with Crippen molar-refractivity contribution in [1.29, 1.82) is 0 Å². The van der Waals surface area contributed by atoms with Gasteiger partial charge >= 0.3 is 0 Å². The molecule has 0 radical (unpaired) electrons. The van der Waals surface area contributed by atoms with Crippen molar-refractivity contribution in [2.24, 2.45) is 12.8 Å². The van der Waals surface area contributed by atoms with Crippen LogP contribution in [0.25, 0.3) is 0 Å². The van der Waals surface area contributed by atoms with E-state index >= 15 is 0 Å². The molecule has 0 saturated heterocycles. The lowest BCUT2D eigenvalue weighted by molar-refractivity contribution is -0.119. The molecule has 0 aromatic carbocycles. The number of rotatable bonds is 5. The van der Waals surface area contributed by atoms with Crippen LogP contribution in [0.1, 0.15) is 32.3 Å². The molecule has 0 fully saturated rings. The highest BCUT2D eigenvalue weighted by atomic mass is 16.1. The summed E-state index contributed by atoms with van der Waals surface area (Å²) in [6, 6.07) is 0. The molecule has 0 amide bonds. The van der Waals surface area contributed by atoms with Gasteiger partial charge in [0.15, 0.2) is 0 Å². The van der Waals surface area contributed by atoms with Gasteiger partial charge in [0.25, 0.3) is 0 Å². The molecule has 1 heterocycles. The van der Waals surface area contributed by atoms with E-state index in [9.17, 15) is 4.79 Å². The van der Waals surface area contributed by atoms with Crippen molar-refractivity contribution in [3.05, 3.63) is 18.0 Å². The van der Waals surface area contributed by atoms with Crippen LogP contribution in [0.3, 0.4) is 0 Å². The van der Waals surface area contributed by atoms with Crippen LogP contribution in [0.4, 0.5) is 0 Å². The quantitative estimate of drug-likeness (QED) is 0.788. The second-order valence-electron chi connectivity index (χ2n) is 4.73. The molecule has 0 bridgehead atoms. The topological polar surface area (TPSA) is 60.9 Å². The molecule has 0 saturated carbocycles. The van der Waals surface area contributed by atoms with Crippen LogP contribution in [-0.4, -0.2) is 21.1 Å². The number of ketones is 1. The Balaban J connectivity index is 2.35. The summed E-state index contributed by atoms with van der Waals surface area (Å²) in [5.41, 5.74) is 6.47. The molecule has 0 aliphatic carbocycles. The van der Waals surface area contributed by atoms with Gasteiger partial charge in [0.2, 0.25) is 0 Å². The number of hydrogen-bond acceptors (Lipinski definition) is 3. The zero-order chi connectivity index (χ0) is 11.5. The Morgan fingerprint density at radius 2 is 2.27 bits per heavy atom. The number of aryl methyl sites for hydroxylation is 2. The molecule has 15 heavy (non-hydrogen) atoms. The summed E-state index contributed by atoms with van der Waals surface area (Å²) in [5, 5.41) is 4.05. The summed E-state index contributed by atoms with van der Waals surface area (Å²) in [7, 11) is 1.87. The van der Waals surface area contributed by atoms with Gasteiger partial charge in [0, 0.05) is 31.6 Å². The van der Waals surface area contributed by atoms with Gasteiger partial charge in [-0.05, 0) is 25.8 Å². The summed E-state index contributed by atoms with van der Waals surface area (Å²) in [4.78, 5) is 11.5. The van der Waals surface area contributed by atoms with E-state index in [2.05, 4.69) is 5.10 Å². The molecule has 0 aliphatic heterocycles. The maximum atomic E-state index is 11.5. The number of Topliss-reactive ketones (excluding diaryl/α,β-unsaturated/α-hetero) is 1. The summed E-state index contributed by atoms with van der Waals surface area (Å²) in [5.74, 6) is 0.214. The summed E-state index contributed by atoms with van der Waals surface area (Å²) >= 11 is 0. The second kappa shape index (κ2) is 4.57. The van der Waals surface area contributed by atoms with Gasteiger partial charge in [-0.25, -0.2) is 0 Å². The SMILES string of the molecule is Cn1cc(CCC(=O)CC(C)(C)N)cn1. The molecule has 0 atom stereocenters. The number of nitrogens with two attached hydrogens (primary N) is 1. The van der Waals surface area contributed by atoms with Gasteiger partial charge < -0.3 is 5.73 Å². The molecule has 1 rings (SSSR count). The van der Waals surface area contributed by atoms with Crippen LogP contribution < -0.4 is 5.73 Å². The number of carbonyl (C=O) groups is 1. The number of hydrogen-bond donors (Lipinski definition) is 1. The largest absolute Gasteiger partial charge is 0.325 e. The Hall–Kier alpha value is -1.16. The molecule has 0 unspecified atom stereocenters. The predicted molar refractivity (Wildman–Crippen MR) is 59.4 cm³/mol. The third kappa shape index (κ3) is 4.74. The summed E-state index contributed by atoms with van der Waals surface area (Å²) in [6.45, 7) is 3.74. The molecule has 0 aliphatic rings. The number of nitrogens with zero attached hydrogens (tertiary/aromatic N) is 2. The van der Waals surface area contributed by atoms with E-state index in [4.69, 9.17) is 5.73 Å². The van der Waals surface area contributed by atoms with E-state index in [1.165, 1.54) is 0 Å². The third-order valence-corrected chi connectivity index (χ3v) is 2.10. The molecule has 4 heteroatoms. The van der Waals surface area contributed by atoms with Crippen LogP contribution in [0.2, 0.25) is 0 Å². The first-order valence-corrected chi connectivity index (χ1v) is 5.15. The molecular weight excluding hydrogens is 190 g/mol. The highest BCUT2D eigenvalue weighted by molar-refractivity contribution is 5.79. The van der Waals surface area contributed by atoms with Gasteiger partial charge in [0.05, 0.1) is 6.20 Å².